The topological polar surface area (TPSA) is 140 Å². The number of nitrogens with zero attached hydrogens (tertiary/aromatic N) is 2. The molecule has 2 N–H and O–H groups in total. The third-order valence-electron chi connectivity index (χ3n) is 4.20. The molecule has 0 bridgehead atoms. The molecule has 11 heteroatoms. The van der Waals surface area contributed by atoms with Gasteiger partial charge in [-0.15, -0.1) is 0 Å². The van der Waals surface area contributed by atoms with E-state index in [1.807, 2.05) is 32.0 Å². The molecule has 0 unspecified atom stereocenters. The number of aryl methyl sites for hydroxylation is 2. The molecule has 31 heavy (non-hydrogen) atoms. The van der Waals surface area contributed by atoms with Crippen molar-refractivity contribution in [1.29, 1.82) is 0 Å². The third kappa shape index (κ3) is 6.18. The minimum Gasteiger partial charge on any atom is -0.744 e. The average molecular weight is 448 g/mol. The van der Waals surface area contributed by atoms with Gasteiger partial charge in [-0.05, 0) is 67.4 Å². The molecule has 3 aromatic carbocycles. The Kier molecular flexibility index (Phi) is 8.04. The molecule has 0 fully saturated rings. The van der Waals surface area contributed by atoms with Gasteiger partial charge in [-0.25, -0.2) is 8.42 Å². The fourth-order valence-corrected chi connectivity index (χ4v) is 3.00. The summed E-state index contributed by atoms with van der Waals surface area (Å²) in [7, 11) is -4.55. The van der Waals surface area contributed by atoms with Gasteiger partial charge in [0.2, 0.25) is 10.9 Å². The molecule has 0 saturated carbocycles. The van der Waals surface area contributed by atoms with E-state index in [9.17, 15) is 22.6 Å². The van der Waals surface area contributed by atoms with Gasteiger partial charge < -0.3 is 4.55 Å². The van der Waals surface area contributed by atoms with Crippen molar-refractivity contribution in [3.8, 4) is 0 Å². The first kappa shape index (κ1) is 24.6. The van der Waals surface area contributed by atoms with Gasteiger partial charge in [0.15, 0.2) is 5.36 Å². The summed E-state index contributed by atoms with van der Waals surface area (Å²) in [5.41, 5.74) is 7.01. The minimum atomic E-state index is -4.55. The van der Waals surface area contributed by atoms with Crippen molar-refractivity contribution in [1.82, 2.24) is 0 Å². The van der Waals surface area contributed by atoms with Crippen molar-refractivity contribution in [2.45, 2.75) is 18.7 Å². The second-order valence-corrected chi connectivity index (χ2v) is 7.88. The van der Waals surface area contributed by atoms with E-state index >= 15 is 0 Å². The summed E-state index contributed by atoms with van der Waals surface area (Å²) in [5, 5.41) is 7.54. The summed E-state index contributed by atoms with van der Waals surface area (Å²) in [6.45, 7) is 3.78. The van der Waals surface area contributed by atoms with Gasteiger partial charge in [-0.3, -0.25) is 20.4 Å². The van der Waals surface area contributed by atoms with Crippen molar-refractivity contribution in [2.75, 3.05) is 10.9 Å². The Morgan fingerprint density at radius 2 is 1.55 bits per heavy atom. The molecule has 0 atom stereocenters. The SMILES string of the molecule is Cc1ccc(C)c(NN=c2c(=O)ccc(=NNc3ccc(S(=O)(=O)[O-])cc3)c2=O)c1.[Na+]. The molecule has 154 valence electrons. The predicted molar refractivity (Wildman–Crippen MR) is 110 cm³/mol. The standard InChI is InChI=1S/C20H18N4O5S.Na/c1-12-3-4-13(2)17(11-12)23-24-19-18(25)10-9-16(20(19)26)22-21-14-5-7-15(8-6-14)30(27,28)29;/h3-11,21,23H,1-2H3,(H,27,28,29);/q;+1/p-1. The molecule has 3 aromatic rings. The molecule has 0 aromatic heterocycles. The maximum atomic E-state index is 12.6. The first-order chi connectivity index (χ1) is 14.1. The van der Waals surface area contributed by atoms with E-state index in [-0.39, 0.29) is 45.2 Å². The van der Waals surface area contributed by atoms with Gasteiger partial charge in [0, 0.05) is 0 Å². The first-order valence-electron chi connectivity index (χ1n) is 8.73. The van der Waals surface area contributed by atoms with E-state index in [1.165, 1.54) is 24.3 Å². The molecule has 0 aliphatic heterocycles. The van der Waals surface area contributed by atoms with E-state index < -0.39 is 21.0 Å². The Morgan fingerprint density at radius 1 is 0.871 bits per heavy atom. The molecule has 0 radical (unpaired) electrons. The second-order valence-electron chi connectivity index (χ2n) is 6.50. The van der Waals surface area contributed by atoms with Crippen LogP contribution in [0.1, 0.15) is 11.1 Å². The zero-order valence-corrected chi connectivity index (χ0v) is 19.9. The summed E-state index contributed by atoms with van der Waals surface area (Å²) >= 11 is 0. The predicted octanol–water partition coefficient (Wildman–Crippen LogP) is -2.34. The number of hydrogen-bond acceptors (Lipinski definition) is 9. The summed E-state index contributed by atoms with van der Waals surface area (Å²) < 4.78 is 32.9. The number of hydrogen-bond donors (Lipinski definition) is 2. The molecule has 0 spiro atoms. The molecule has 3 rings (SSSR count). The van der Waals surface area contributed by atoms with Crippen LogP contribution in [0.3, 0.4) is 0 Å². The van der Waals surface area contributed by atoms with Crippen LogP contribution >= 0.6 is 0 Å². The molecule has 0 saturated heterocycles. The van der Waals surface area contributed by atoms with Crippen LogP contribution in [0.25, 0.3) is 0 Å². The molecule has 0 amide bonds. The van der Waals surface area contributed by atoms with Crippen molar-refractivity contribution in [3.05, 3.63) is 96.9 Å². The molecule has 0 aliphatic carbocycles. The van der Waals surface area contributed by atoms with Gasteiger partial charge in [0.05, 0.1) is 16.3 Å². The van der Waals surface area contributed by atoms with Crippen molar-refractivity contribution >= 4 is 21.5 Å². The normalized spacial score (nSPS) is 12.4. The van der Waals surface area contributed by atoms with Crippen LogP contribution in [-0.4, -0.2) is 13.0 Å². The number of anilines is 2. The van der Waals surface area contributed by atoms with Crippen LogP contribution in [0.2, 0.25) is 0 Å². The van der Waals surface area contributed by atoms with Crippen LogP contribution in [0.15, 0.2) is 79.3 Å². The van der Waals surface area contributed by atoms with E-state index in [2.05, 4.69) is 21.1 Å². The van der Waals surface area contributed by atoms with Crippen molar-refractivity contribution in [2.24, 2.45) is 10.2 Å². The van der Waals surface area contributed by atoms with Crippen LogP contribution in [0, 0.1) is 13.8 Å². The zero-order chi connectivity index (χ0) is 21.9. The average Bonchev–Trinajstić information content (AvgIpc) is 2.69. The van der Waals surface area contributed by atoms with Crippen molar-refractivity contribution in [3.63, 3.8) is 0 Å². The van der Waals surface area contributed by atoms with Gasteiger partial charge in [-0.2, -0.15) is 10.2 Å². The largest absolute Gasteiger partial charge is 1.00 e. The molecule has 0 aliphatic rings. The Morgan fingerprint density at radius 3 is 2.19 bits per heavy atom. The zero-order valence-electron chi connectivity index (χ0n) is 17.0. The Bertz CT molecular complexity index is 1430. The Labute approximate surface area is 199 Å². The maximum Gasteiger partial charge on any atom is 1.00 e. The fourth-order valence-electron chi connectivity index (χ4n) is 2.53. The molecular formula is C20H17N4NaO5S. The molecular weight excluding hydrogens is 431 g/mol. The van der Waals surface area contributed by atoms with E-state index in [4.69, 9.17) is 0 Å². The van der Waals surface area contributed by atoms with E-state index in [1.54, 1.807) is 0 Å². The smallest absolute Gasteiger partial charge is 0.744 e. The van der Waals surface area contributed by atoms with Gasteiger partial charge in [0.25, 0.3) is 0 Å². The van der Waals surface area contributed by atoms with Crippen LogP contribution in [-0.2, 0) is 10.1 Å². The number of nitrogens with one attached hydrogen (secondary N) is 2. The first-order valence-corrected chi connectivity index (χ1v) is 10.1. The monoisotopic (exact) mass is 448 g/mol. The van der Waals surface area contributed by atoms with E-state index in [0.29, 0.717) is 11.4 Å². The summed E-state index contributed by atoms with van der Waals surface area (Å²) in [6, 6.07) is 13.0. The quantitative estimate of drug-likeness (QED) is 0.253. The van der Waals surface area contributed by atoms with Crippen LogP contribution in [0.5, 0.6) is 0 Å². The number of benzene rings is 3. The summed E-state index contributed by atoms with van der Waals surface area (Å²) in [6.07, 6.45) is 0. The van der Waals surface area contributed by atoms with Crippen LogP contribution in [0.4, 0.5) is 11.4 Å². The van der Waals surface area contributed by atoms with Gasteiger partial charge >= 0.3 is 29.6 Å². The van der Waals surface area contributed by atoms with Crippen molar-refractivity contribution < 1.29 is 42.5 Å². The Balaban J connectivity index is 0.00000341. The molecule has 9 nitrogen and oxygen atoms in total. The number of rotatable bonds is 5. The third-order valence-corrected chi connectivity index (χ3v) is 5.05. The second kappa shape index (κ2) is 10.1. The van der Waals surface area contributed by atoms with Gasteiger partial charge in [0.1, 0.15) is 15.5 Å². The fraction of sp³-hybridized carbons (Fsp3) is 0.100. The van der Waals surface area contributed by atoms with Crippen LogP contribution < -0.4 is 62.0 Å². The van der Waals surface area contributed by atoms with Gasteiger partial charge in [-0.1, -0.05) is 12.1 Å². The Hall–Kier alpha value is -2.63. The summed E-state index contributed by atoms with van der Waals surface area (Å²) in [5.74, 6) is 0. The van der Waals surface area contributed by atoms with E-state index in [0.717, 1.165) is 23.3 Å². The molecule has 0 heterocycles. The summed E-state index contributed by atoms with van der Waals surface area (Å²) in [4.78, 5) is 24.3. The maximum absolute atomic E-state index is 12.6. The minimum absolute atomic E-state index is 0.